The molecule has 8 heteroatoms. The minimum Gasteiger partial charge on any atom is -0.465 e. The number of carbonyl (C=O) groups excluding carboxylic acids is 2. The summed E-state index contributed by atoms with van der Waals surface area (Å²) in [7, 11) is 1.30. The maximum atomic E-state index is 12.2. The van der Waals surface area contributed by atoms with E-state index in [0.29, 0.717) is 22.0 Å². The van der Waals surface area contributed by atoms with Crippen molar-refractivity contribution in [1.29, 1.82) is 0 Å². The van der Waals surface area contributed by atoms with Crippen LogP contribution < -0.4 is 5.56 Å². The number of rotatable bonds is 5. The third kappa shape index (κ3) is 4.24. The van der Waals surface area contributed by atoms with Crippen LogP contribution in [0, 0.1) is 0 Å². The van der Waals surface area contributed by atoms with Crippen molar-refractivity contribution >= 4 is 28.9 Å². The minimum atomic E-state index is -0.645. The second-order valence-electron chi connectivity index (χ2n) is 5.45. The van der Waals surface area contributed by atoms with Gasteiger partial charge in [-0.15, -0.1) is 5.10 Å². The maximum Gasteiger partial charge on any atom is 0.337 e. The summed E-state index contributed by atoms with van der Waals surface area (Å²) in [4.78, 5) is 35.5. The zero-order chi connectivity index (χ0) is 19.2. The van der Waals surface area contributed by atoms with Gasteiger partial charge < -0.3 is 9.47 Å². The van der Waals surface area contributed by atoms with Gasteiger partial charge in [0.25, 0.3) is 5.56 Å². The first kappa shape index (κ1) is 18.0. The number of hydrogen-bond donors (Lipinski definition) is 0. The summed E-state index contributed by atoms with van der Waals surface area (Å²) in [6, 6.07) is 13.3. The number of methoxy groups -OCH3 is 1. The summed E-state index contributed by atoms with van der Waals surface area (Å²) in [5, 5.41) is 8.04. The van der Waals surface area contributed by atoms with E-state index >= 15 is 0 Å². The lowest BCUT2D eigenvalue weighted by atomic mass is 10.1. The van der Waals surface area contributed by atoms with E-state index < -0.39 is 17.5 Å². The molecule has 0 atom stereocenters. The van der Waals surface area contributed by atoms with Crippen molar-refractivity contribution in [2.45, 2.75) is 6.73 Å². The third-order valence-corrected chi connectivity index (χ3v) is 3.70. The van der Waals surface area contributed by atoms with Crippen LogP contribution >= 0.6 is 0 Å². The number of hydrogen-bond acceptors (Lipinski definition) is 7. The maximum absolute atomic E-state index is 12.2. The van der Waals surface area contributed by atoms with Crippen LogP contribution in [-0.4, -0.2) is 34.0 Å². The first-order valence-electron chi connectivity index (χ1n) is 7.94. The highest BCUT2D eigenvalue weighted by molar-refractivity contribution is 5.90. The number of aromatic nitrogens is 3. The van der Waals surface area contributed by atoms with Crippen molar-refractivity contribution < 1.29 is 19.1 Å². The highest BCUT2D eigenvalue weighted by Crippen LogP contribution is 2.08. The lowest BCUT2D eigenvalue weighted by Crippen LogP contribution is -2.26. The Labute approximate surface area is 153 Å². The molecule has 0 amide bonds. The van der Waals surface area contributed by atoms with E-state index in [-0.39, 0.29) is 6.73 Å². The second-order valence-corrected chi connectivity index (χ2v) is 5.45. The fourth-order valence-corrected chi connectivity index (χ4v) is 2.29. The molecule has 0 N–H and O–H groups in total. The molecule has 0 unspecified atom stereocenters. The molecule has 1 heterocycles. The molecule has 0 saturated carbocycles. The monoisotopic (exact) mass is 365 g/mol. The molecule has 27 heavy (non-hydrogen) atoms. The van der Waals surface area contributed by atoms with Crippen LogP contribution in [0.5, 0.6) is 0 Å². The summed E-state index contributed by atoms with van der Waals surface area (Å²) in [6.07, 6.45) is 2.74. The van der Waals surface area contributed by atoms with Crippen LogP contribution in [0.3, 0.4) is 0 Å². The fraction of sp³-hybridized carbons (Fsp3) is 0.105. The highest BCUT2D eigenvalue weighted by Gasteiger charge is 2.07. The van der Waals surface area contributed by atoms with Crippen molar-refractivity contribution in [2.75, 3.05) is 7.11 Å². The van der Waals surface area contributed by atoms with Gasteiger partial charge in [-0.3, -0.25) is 4.79 Å². The van der Waals surface area contributed by atoms with Gasteiger partial charge in [-0.2, -0.15) is 4.68 Å². The number of esters is 2. The van der Waals surface area contributed by atoms with Crippen molar-refractivity contribution in [2.24, 2.45) is 0 Å². The van der Waals surface area contributed by atoms with Crippen molar-refractivity contribution in [3.05, 3.63) is 76.1 Å². The van der Waals surface area contributed by atoms with Gasteiger partial charge in [0.1, 0.15) is 5.52 Å². The topological polar surface area (TPSA) is 100 Å². The number of carbonyl (C=O) groups is 2. The van der Waals surface area contributed by atoms with E-state index in [1.807, 2.05) is 0 Å². The summed E-state index contributed by atoms with van der Waals surface area (Å²) >= 11 is 0. The standard InChI is InChI=1S/C19H15N3O5/c1-26-19(25)14-9-6-13(7-10-14)8-11-17(23)27-12-22-18(24)15-4-2-3-5-16(15)20-21-22/h2-11H,12H2,1H3/b11-8+. The predicted octanol–water partition coefficient (Wildman–Crippen LogP) is 1.79. The van der Waals surface area contributed by atoms with E-state index in [1.165, 1.54) is 19.3 Å². The lowest BCUT2D eigenvalue weighted by Gasteiger charge is -2.04. The summed E-state index contributed by atoms with van der Waals surface area (Å²) in [5.74, 6) is -1.08. The molecule has 0 bridgehead atoms. The van der Waals surface area contributed by atoms with Gasteiger partial charge in [0, 0.05) is 6.08 Å². The molecule has 0 aliphatic rings. The van der Waals surface area contributed by atoms with Crippen LogP contribution in [0.4, 0.5) is 0 Å². The first-order chi connectivity index (χ1) is 13.1. The minimum absolute atomic E-state index is 0.346. The van der Waals surface area contributed by atoms with Crippen LogP contribution in [-0.2, 0) is 21.0 Å². The van der Waals surface area contributed by atoms with Gasteiger partial charge >= 0.3 is 11.9 Å². The summed E-state index contributed by atoms with van der Waals surface area (Å²) in [6.45, 7) is -0.346. The number of fused-ring (bicyclic) bond motifs is 1. The van der Waals surface area contributed by atoms with Crippen LogP contribution in [0.1, 0.15) is 15.9 Å². The Balaban J connectivity index is 1.63. The zero-order valence-corrected chi connectivity index (χ0v) is 14.4. The van der Waals surface area contributed by atoms with Gasteiger partial charge in [0.2, 0.25) is 0 Å². The summed E-state index contributed by atoms with van der Waals surface area (Å²) < 4.78 is 10.6. The molecule has 8 nitrogen and oxygen atoms in total. The van der Waals surface area contributed by atoms with E-state index in [9.17, 15) is 14.4 Å². The van der Waals surface area contributed by atoms with Crippen molar-refractivity contribution in [3.8, 4) is 0 Å². The van der Waals surface area contributed by atoms with Crippen LogP contribution in [0.25, 0.3) is 17.0 Å². The van der Waals surface area contributed by atoms with Crippen molar-refractivity contribution in [3.63, 3.8) is 0 Å². The Hall–Kier alpha value is -3.81. The molecule has 1 aromatic heterocycles. The smallest absolute Gasteiger partial charge is 0.337 e. The molecule has 0 saturated heterocycles. The average molecular weight is 365 g/mol. The number of ether oxygens (including phenoxy) is 2. The van der Waals surface area contributed by atoms with Gasteiger partial charge in [-0.1, -0.05) is 29.5 Å². The van der Waals surface area contributed by atoms with Crippen LogP contribution in [0.15, 0.2) is 59.4 Å². The molecule has 3 aromatic rings. The Kier molecular flexibility index (Phi) is 5.36. The van der Waals surface area contributed by atoms with Gasteiger partial charge in [0.05, 0.1) is 18.1 Å². The van der Waals surface area contributed by atoms with E-state index in [4.69, 9.17) is 4.74 Å². The Bertz CT molecular complexity index is 1070. The van der Waals surface area contributed by atoms with E-state index in [2.05, 4.69) is 15.0 Å². The first-order valence-corrected chi connectivity index (χ1v) is 7.94. The molecule has 3 rings (SSSR count). The Morgan fingerprint density at radius 1 is 1.11 bits per heavy atom. The molecule has 2 aromatic carbocycles. The Morgan fingerprint density at radius 2 is 1.85 bits per heavy atom. The SMILES string of the molecule is COC(=O)c1ccc(/C=C/C(=O)OCn2nnc3ccccc3c2=O)cc1. The van der Waals surface area contributed by atoms with Crippen LogP contribution in [0.2, 0.25) is 0 Å². The molecular formula is C19H15N3O5. The molecule has 0 radical (unpaired) electrons. The second kappa shape index (κ2) is 8.05. The van der Waals surface area contributed by atoms with Crippen molar-refractivity contribution in [1.82, 2.24) is 15.0 Å². The number of nitrogens with zero attached hydrogens (tertiary/aromatic N) is 3. The average Bonchev–Trinajstić information content (AvgIpc) is 2.71. The highest BCUT2D eigenvalue weighted by atomic mass is 16.5. The number of benzene rings is 2. The van der Waals surface area contributed by atoms with E-state index in [0.717, 1.165) is 4.68 Å². The van der Waals surface area contributed by atoms with Gasteiger partial charge in [-0.25, -0.2) is 9.59 Å². The van der Waals surface area contributed by atoms with E-state index in [1.54, 1.807) is 48.5 Å². The largest absolute Gasteiger partial charge is 0.465 e. The summed E-state index contributed by atoms with van der Waals surface area (Å²) in [5.41, 5.74) is 1.19. The normalized spacial score (nSPS) is 10.9. The Morgan fingerprint density at radius 3 is 2.59 bits per heavy atom. The molecule has 0 aliphatic carbocycles. The molecule has 136 valence electrons. The fourth-order valence-electron chi connectivity index (χ4n) is 2.29. The zero-order valence-electron chi connectivity index (χ0n) is 14.4. The predicted molar refractivity (Wildman–Crippen MR) is 96.7 cm³/mol. The third-order valence-electron chi connectivity index (χ3n) is 3.70. The lowest BCUT2D eigenvalue weighted by molar-refractivity contribution is -0.141. The molecule has 0 aliphatic heterocycles. The van der Waals surface area contributed by atoms with Gasteiger partial charge in [0.15, 0.2) is 6.73 Å². The quantitative estimate of drug-likeness (QED) is 0.502. The molecule has 0 spiro atoms. The molecular weight excluding hydrogens is 350 g/mol. The van der Waals surface area contributed by atoms with Gasteiger partial charge in [-0.05, 0) is 35.9 Å². The molecule has 0 fully saturated rings.